The summed E-state index contributed by atoms with van der Waals surface area (Å²) in [6, 6.07) is 0.633. The Bertz CT molecular complexity index is 215. The minimum Gasteiger partial charge on any atom is -0.340 e. The summed E-state index contributed by atoms with van der Waals surface area (Å²) in [4.78, 5) is 14.1. The highest BCUT2D eigenvalue weighted by molar-refractivity contribution is 5.85. The molecule has 102 valence electrons. The predicted molar refractivity (Wildman–Crippen MR) is 74.4 cm³/mol. The van der Waals surface area contributed by atoms with Crippen molar-refractivity contribution in [3.63, 3.8) is 0 Å². The Morgan fingerprint density at radius 2 is 1.94 bits per heavy atom. The third-order valence-corrected chi connectivity index (χ3v) is 3.49. The van der Waals surface area contributed by atoms with Gasteiger partial charge in [-0.3, -0.25) is 4.79 Å². The quantitative estimate of drug-likeness (QED) is 0.828. The van der Waals surface area contributed by atoms with Crippen molar-refractivity contribution < 1.29 is 4.79 Å². The SMILES string of the molecule is CCN(C(=O)CCC(C)N)C1CCCCC1.Cl. The molecule has 0 aromatic rings. The molecule has 4 heteroatoms. The standard InChI is InChI=1S/C13H26N2O.ClH/c1-3-15(12-7-5-4-6-8-12)13(16)10-9-11(2)14;/h11-12H,3-10,14H2,1-2H3;1H. The van der Waals surface area contributed by atoms with E-state index in [4.69, 9.17) is 5.73 Å². The minimum absolute atomic E-state index is 0. The number of carbonyl (C=O) groups is 1. The highest BCUT2D eigenvalue weighted by Crippen LogP contribution is 2.23. The summed E-state index contributed by atoms with van der Waals surface area (Å²) in [6.45, 7) is 4.89. The Balaban J connectivity index is 0.00000256. The van der Waals surface area contributed by atoms with Gasteiger partial charge >= 0.3 is 0 Å². The van der Waals surface area contributed by atoms with Crippen molar-refractivity contribution in [2.24, 2.45) is 5.73 Å². The van der Waals surface area contributed by atoms with Gasteiger partial charge in [0.2, 0.25) is 5.91 Å². The number of carbonyl (C=O) groups excluding carboxylic acids is 1. The van der Waals surface area contributed by atoms with Gasteiger partial charge in [-0.25, -0.2) is 0 Å². The van der Waals surface area contributed by atoms with Crippen LogP contribution < -0.4 is 5.73 Å². The molecule has 0 bridgehead atoms. The second-order valence-corrected chi connectivity index (χ2v) is 4.99. The molecule has 0 spiro atoms. The molecule has 1 aliphatic rings. The van der Waals surface area contributed by atoms with Crippen LogP contribution in [0.2, 0.25) is 0 Å². The summed E-state index contributed by atoms with van der Waals surface area (Å²) in [5.74, 6) is 0.298. The Morgan fingerprint density at radius 1 is 1.35 bits per heavy atom. The van der Waals surface area contributed by atoms with Gasteiger partial charge in [0.15, 0.2) is 0 Å². The highest BCUT2D eigenvalue weighted by Gasteiger charge is 2.23. The summed E-state index contributed by atoms with van der Waals surface area (Å²) in [6.07, 6.45) is 7.70. The maximum Gasteiger partial charge on any atom is 0.222 e. The average molecular weight is 263 g/mol. The third-order valence-electron chi connectivity index (χ3n) is 3.49. The van der Waals surface area contributed by atoms with Gasteiger partial charge in [-0.05, 0) is 33.1 Å². The van der Waals surface area contributed by atoms with E-state index in [-0.39, 0.29) is 18.4 Å². The average Bonchev–Trinajstić information content (AvgIpc) is 2.29. The molecule has 3 nitrogen and oxygen atoms in total. The molecule has 0 aromatic heterocycles. The van der Waals surface area contributed by atoms with E-state index in [0.29, 0.717) is 18.4 Å². The molecule has 2 N–H and O–H groups in total. The Hall–Kier alpha value is -0.280. The molecule has 1 unspecified atom stereocenters. The van der Waals surface area contributed by atoms with Crippen molar-refractivity contribution >= 4 is 18.3 Å². The lowest BCUT2D eigenvalue weighted by atomic mass is 9.94. The largest absolute Gasteiger partial charge is 0.340 e. The van der Waals surface area contributed by atoms with E-state index in [2.05, 4.69) is 11.8 Å². The summed E-state index contributed by atoms with van der Waals surface area (Å²) in [5.41, 5.74) is 5.69. The molecule has 17 heavy (non-hydrogen) atoms. The van der Waals surface area contributed by atoms with Gasteiger partial charge in [-0.15, -0.1) is 12.4 Å². The van der Waals surface area contributed by atoms with E-state index in [0.717, 1.165) is 13.0 Å². The first kappa shape index (κ1) is 16.7. The van der Waals surface area contributed by atoms with Crippen LogP contribution in [0.5, 0.6) is 0 Å². The Labute approximate surface area is 112 Å². The van der Waals surface area contributed by atoms with Gasteiger partial charge in [0, 0.05) is 25.0 Å². The molecular weight excluding hydrogens is 236 g/mol. The van der Waals surface area contributed by atoms with Crippen LogP contribution in [0.25, 0.3) is 0 Å². The van der Waals surface area contributed by atoms with Gasteiger partial charge < -0.3 is 10.6 Å². The molecule has 1 rings (SSSR count). The third kappa shape index (κ3) is 5.73. The van der Waals surface area contributed by atoms with E-state index < -0.39 is 0 Å². The molecule has 1 saturated carbocycles. The summed E-state index contributed by atoms with van der Waals surface area (Å²) in [5, 5.41) is 0. The van der Waals surface area contributed by atoms with Gasteiger partial charge in [0.25, 0.3) is 0 Å². The van der Waals surface area contributed by atoms with Crippen LogP contribution in [-0.4, -0.2) is 29.4 Å². The normalized spacial score (nSPS) is 18.3. The molecule has 1 fully saturated rings. The molecule has 0 saturated heterocycles. The number of amides is 1. The van der Waals surface area contributed by atoms with Crippen LogP contribution in [-0.2, 0) is 4.79 Å². The first-order chi connectivity index (χ1) is 7.65. The van der Waals surface area contributed by atoms with Gasteiger partial charge in [0.1, 0.15) is 0 Å². The lowest BCUT2D eigenvalue weighted by Gasteiger charge is -2.33. The van der Waals surface area contributed by atoms with E-state index in [1.54, 1.807) is 0 Å². The van der Waals surface area contributed by atoms with Crippen LogP contribution in [0.3, 0.4) is 0 Å². The van der Waals surface area contributed by atoms with Gasteiger partial charge in [-0.2, -0.15) is 0 Å². The maximum atomic E-state index is 12.0. The number of hydrogen-bond acceptors (Lipinski definition) is 2. The number of hydrogen-bond donors (Lipinski definition) is 1. The fourth-order valence-corrected chi connectivity index (χ4v) is 2.53. The first-order valence-corrected chi connectivity index (χ1v) is 6.70. The van der Waals surface area contributed by atoms with E-state index >= 15 is 0 Å². The van der Waals surface area contributed by atoms with Crippen molar-refractivity contribution in [1.29, 1.82) is 0 Å². The maximum absolute atomic E-state index is 12.0. The smallest absolute Gasteiger partial charge is 0.222 e. The van der Waals surface area contributed by atoms with Crippen molar-refractivity contribution in [1.82, 2.24) is 4.90 Å². The monoisotopic (exact) mass is 262 g/mol. The van der Waals surface area contributed by atoms with Crippen LogP contribution in [0.4, 0.5) is 0 Å². The Kier molecular flexibility index (Phi) is 8.61. The molecule has 0 aliphatic heterocycles. The topological polar surface area (TPSA) is 46.3 Å². The lowest BCUT2D eigenvalue weighted by Crippen LogP contribution is -2.41. The second kappa shape index (κ2) is 8.76. The highest BCUT2D eigenvalue weighted by atomic mass is 35.5. The van der Waals surface area contributed by atoms with Crippen molar-refractivity contribution in [3.05, 3.63) is 0 Å². The van der Waals surface area contributed by atoms with Gasteiger partial charge in [-0.1, -0.05) is 19.3 Å². The summed E-state index contributed by atoms with van der Waals surface area (Å²) < 4.78 is 0. The molecule has 0 heterocycles. The first-order valence-electron chi connectivity index (χ1n) is 6.70. The Morgan fingerprint density at radius 3 is 2.41 bits per heavy atom. The number of nitrogens with two attached hydrogens (primary N) is 1. The predicted octanol–water partition coefficient (Wildman–Crippen LogP) is 2.72. The van der Waals surface area contributed by atoms with E-state index in [1.807, 2.05) is 6.92 Å². The van der Waals surface area contributed by atoms with Crippen LogP contribution >= 0.6 is 12.4 Å². The van der Waals surface area contributed by atoms with Crippen LogP contribution in [0, 0.1) is 0 Å². The molecular formula is C13H27ClN2O. The second-order valence-electron chi connectivity index (χ2n) is 4.99. The molecule has 1 atom stereocenters. The van der Waals surface area contributed by atoms with Gasteiger partial charge in [0.05, 0.1) is 0 Å². The fourth-order valence-electron chi connectivity index (χ4n) is 2.53. The summed E-state index contributed by atoms with van der Waals surface area (Å²) >= 11 is 0. The van der Waals surface area contributed by atoms with E-state index in [1.165, 1.54) is 32.1 Å². The zero-order chi connectivity index (χ0) is 12.0. The number of nitrogens with zero attached hydrogens (tertiary/aromatic N) is 1. The molecule has 0 aromatic carbocycles. The number of halogens is 1. The van der Waals surface area contributed by atoms with Crippen molar-refractivity contribution in [3.8, 4) is 0 Å². The zero-order valence-electron chi connectivity index (χ0n) is 11.2. The lowest BCUT2D eigenvalue weighted by molar-refractivity contribution is -0.134. The van der Waals surface area contributed by atoms with Crippen LogP contribution in [0.1, 0.15) is 58.8 Å². The minimum atomic E-state index is 0. The van der Waals surface area contributed by atoms with Crippen LogP contribution in [0.15, 0.2) is 0 Å². The number of rotatable bonds is 5. The van der Waals surface area contributed by atoms with E-state index in [9.17, 15) is 4.79 Å². The fraction of sp³-hybridized carbons (Fsp3) is 0.923. The zero-order valence-corrected chi connectivity index (χ0v) is 12.0. The molecule has 1 amide bonds. The van der Waals surface area contributed by atoms with Crippen molar-refractivity contribution in [2.45, 2.75) is 70.9 Å². The molecule has 0 radical (unpaired) electrons. The van der Waals surface area contributed by atoms with Crippen molar-refractivity contribution in [2.75, 3.05) is 6.54 Å². The summed E-state index contributed by atoms with van der Waals surface area (Å²) in [7, 11) is 0. The molecule has 1 aliphatic carbocycles.